The molecule has 0 rings (SSSR count). The van der Waals surface area contributed by atoms with Crippen LogP contribution >= 0.6 is 25.4 Å². The van der Waals surface area contributed by atoms with Crippen molar-refractivity contribution in [1.82, 2.24) is 0 Å². The molecule has 0 saturated carbocycles. The van der Waals surface area contributed by atoms with Crippen LogP contribution in [-0.4, -0.2) is 29.0 Å². The predicted molar refractivity (Wildman–Crippen MR) is 63.4 cm³/mol. The molecular formula is C6H16O4P3Si+3. The average Bonchev–Trinajstić information content (AvgIpc) is 2.24. The van der Waals surface area contributed by atoms with Crippen LogP contribution < -0.4 is 0 Å². The van der Waals surface area contributed by atoms with Gasteiger partial charge in [-0.2, -0.15) is 0 Å². The topological polar surface area (TPSA) is 71.4 Å². The molecule has 0 aliphatic carbocycles. The van der Waals surface area contributed by atoms with Gasteiger partial charge in [0.25, 0.3) is 0 Å². The molecule has 0 saturated heterocycles. The Kier molecular flexibility index (Phi) is 6.35. The van der Waals surface area contributed by atoms with E-state index in [2.05, 4.69) is 0 Å². The Labute approximate surface area is 89.2 Å². The normalized spacial score (nSPS) is 23.1. The first-order valence-electron chi connectivity index (χ1n) is 4.30. The third-order valence-electron chi connectivity index (χ3n) is 2.61. The van der Waals surface area contributed by atoms with Crippen LogP contribution in [0.5, 0.6) is 0 Å². The van der Waals surface area contributed by atoms with E-state index in [4.69, 9.17) is 0 Å². The zero-order valence-electron chi connectivity index (χ0n) is 8.40. The van der Waals surface area contributed by atoms with Crippen LogP contribution in [0.25, 0.3) is 0 Å². The standard InChI is InChI=1S/C6H13O4P3Si/c1-4(11-7)14(10,5(2)12-8)6(3)13-9/h4-6,10H,1-3H3/p+3. The minimum Gasteiger partial charge on any atom is -0.422 e. The molecule has 6 atom stereocenters. The molecule has 8 heteroatoms. The van der Waals surface area contributed by atoms with E-state index in [1.807, 2.05) is 0 Å². The molecule has 0 spiro atoms. The van der Waals surface area contributed by atoms with Crippen molar-refractivity contribution in [3.8, 4) is 0 Å². The number of rotatable bonds is 6. The lowest BCUT2D eigenvalue weighted by Crippen LogP contribution is -2.58. The number of hydrogen-bond acceptors (Lipinski definition) is 4. The highest BCUT2D eigenvalue weighted by Gasteiger charge is 2.61. The van der Waals surface area contributed by atoms with Crippen LogP contribution in [0.4, 0.5) is 0 Å². The van der Waals surface area contributed by atoms with Gasteiger partial charge in [0.15, 0.2) is 15.8 Å². The molecule has 4 nitrogen and oxygen atoms in total. The van der Waals surface area contributed by atoms with Crippen molar-refractivity contribution in [3.63, 3.8) is 0 Å². The van der Waals surface area contributed by atoms with E-state index in [1.165, 1.54) is 0 Å². The van der Waals surface area contributed by atoms with Crippen LogP contribution in [0.1, 0.15) is 20.8 Å². The van der Waals surface area contributed by atoms with E-state index in [0.29, 0.717) is 0 Å². The van der Waals surface area contributed by atoms with Crippen molar-refractivity contribution >= 4 is 33.7 Å². The molecule has 0 aromatic heterocycles. The summed E-state index contributed by atoms with van der Waals surface area (Å²) in [6, 6.07) is 0. The first kappa shape index (κ1) is 14.5. The van der Waals surface area contributed by atoms with Gasteiger partial charge in [0.2, 0.25) is 0 Å². The molecule has 0 amide bonds. The zero-order chi connectivity index (χ0) is 11.4. The van der Waals surface area contributed by atoms with Crippen LogP contribution in [0.15, 0.2) is 0 Å². The molecule has 0 aromatic carbocycles. The Balaban J connectivity index is 5.11. The van der Waals surface area contributed by atoms with Gasteiger partial charge in [0, 0.05) is 0 Å². The molecule has 0 heterocycles. The Morgan fingerprint density at radius 2 is 1.07 bits per heavy atom. The van der Waals surface area contributed by atoms with E-state index >= 15 is 0 Å². The summed E-state index contributed by atoms with van der Waals surface area (Å²) in [7, 11) is -4.86. The largest absolute Gasteiger partial charge is 0.422 e. The fourth-order valence-corrected chi connectivity index (χ4v) is 11.9. The molecule has 80 valence electrons. The lowest BCUT2D eigenvalue weighted by atomic mass is 10.9. The SMILES string of the molecule is CC([PH+]=O)[Si](O)(C(C)[PH+]=O)C(C)[PH+]=O. The summed E-state index contributed by atoms with van der Waals surface area (Å²) in [5.74, 6) is 0. The maximum atomic E-state index is 10.8. The fraction of sp³-hybridized carbons (Fsp3) is 1.00. The van der Waals surface area contributed by atoms with Gasteiger partial charge in [-0.25, -0.2) is 0 Å². The Bertz CT molecular complexity index is 201. The summed E-state index contributed by atoms with van der Waals surface area (Å²) in [6.45, 7) is 5.01. The van der Waals surface area contributed by atoms with E-state index < -0.39 is 33.7 Å². The molecule has 6 unspecified atom stereocenters. The van der Waals surface area contributed by atoms with Crippen molar-refractivity contribution < 1.29 is 18.5 Å². The van der Waals surface area contributed by atoms with Gasteiger partial charge in [-0.1, -0.05) is 13.7 Å². The third kappa shape index (κ3) is 2.74. The van der Waals surface area contributed by atoms with Gasteiger partial charge >= 0.3 is 33.7 Å². The van der Waals surface area contributed by atoms with Gasteiger partial charge in [-0.3, -0.25) is 0 Å². The average molecular weight is 273 g/mol. The summed E-state index contributed by atoms with van der Waals surface area (Å²) in [4.78, 5) is 10.4. The second-order valence-electron chi connectivity index (χ2n) is 3.41. The summed E-state index contributed by atoms with van der Waals surface area (Å²) in [6.07, 6.45) is 0. The third-order valence-corrected chi connectivity index (χ3v) is 13.1. The van der Waals surface area contributed by atoms with Crippen molar-refractivity contribution in [2.45, 2.75) is 36.6 Å². The second kappa shape index (κ2) is 6.15. The van der Waals surface area contributed by atoms with E-state index in [1.54, 1.807) is 20.8 Å². The van der Waals surface area contributed by atoms with E-state index in [-0.39, 0.29) is 15.8 Å². The van der Waals surface area contributed by atoms with Crippen LogP contribution in [0, 0.1) is 0 Å². The first-order valence-corrected chi connectivity index (χ1v) is 9.44. The van der Waals surface area contributed by atoms with Gasteiger partial charge in [0.05, 0.1) is 0 Å². The van der Waals surface area contributed by atoms with Crippen molar-refractivity contribution in [2.24, 2.45) is 0 Å². The van der Waals surface area contributed by atoms with Crippen molar-refractivity contribution in [3.05, 3.63) is 0 Å². The highest BCUT2D eigenvalue weighted by Crippen LogP contribution is 2.34. The van der Waals surface area contributed by atoms with E-state index in [0.717, 1.165) is 0 Å². The lowest BCUT2D eigenvalue weighted by molar-refractivity contribution is 0.510. The van der Waals surface area contributed by atoms with Gasteiger partial charge in [-0.15, -0.1) is 0 Å². The summed E-state index contributed by atoms with van der Waals surface area (Å²) < 4.78 is 32.5. The molecule has 0 aromatic rings. The van der Waals surface area contributed by atoms with Crippen molar-refractivity contribution in [2.75, 3.05) is 0 Å². The Morgan fingerprint density at radius 1 is 0.857 bits per heavy atom. The molecule has 0 fully saturated rings. The summed E-state index contributed by atoms with van der Waals surface area (Å²) in [5, 5.41) is -1.14. The Hall–Kier alpha value is 0.477. The van der Waals surface area contributed by atoms with E-state index in [9.17, 15) is 18.5 Å². The Morgan fingerprint density at radius 3 is 1.21 bits per heavy atom. The minimum atomic E-state index is -2.96. The smallest absolute Gasteiger partial charge is 0.349 e. The highest BCUT2D eigenvalue weighted by atomic mass is 31.1. The molecule has 0 radical (unpaired) electrons. The van der Waals surface area contributed by atoms with Gasteiger partial charge in [-0.05, 0) is 20.8 Å². The maximum Gasteiger partial charge on any atom is 0.349 e. The highest BCUT2D eigenvalue weighted by molar-refractivity contribution is 7.41. The molecule has 0 aliphatic rings. The minimum absolute atomic E-state index is 0.379. The molecule has 14 heavy (non-hydrogen) atoms. The molecule has 1 N–H and O–H groups in total. The van der Waals surface area contributed by atoms with Crippen LogP contribution in [-0.2, 0) is 13.7 Å². The molecule has 0 aliphatic heterocycles. The molecule has 0 bridgehead atoms. The fourth-order valence-electron chi connectivity index (χ4n) is 1.41. The van der Waals surface area contributed by atoms with Crippen LogP contribution in [0.2, 0.25) is 0 Å². The lowest BCUT2D eigenvalue weighted by Gasteiger charge is -2.21. The predicted octanol–water partition coefficient (Wildman–Crippen LogP) is 1.78. The summed E-state index contributed by atoms with van der Waals surface area (Å²) in [5.41, 5.74) is 0. The number of hydrogen-bond donors (Lipinski definition) is 1. The monoisotopic (exact) mass is 273 g/mol. The second-order valence-corrected chi connectivity index (χ2v) is 12.8. The van der Waals surface area contributed by atoms with Gasteiger partial charge < -0.3 is 4.80 Å². The first-order chi connectivity index (χ1) is 6.44. The zero-order valence-corrected chi connectivity index (χ0v) is 12.4. The van der Waals surface area contributed by atoms with Crippen molar-refractivity contribution in [1.29, 1.82) is 0 Å². The van der Waals surface area contributed by atoms with Gasteiger partial charge in [0.1, 0.15) is 0 Å². The molecular weight excluding hydrogens is 257 g/mol. The van der Waals surface area contributed by atoms with Crippen LogP contribution in [0.3, 0.4) is 0 Å². The maximum absolute atomic E-state index is 10.8. The summed E-state index contributed by atoms with van der Waals surface area (Å²) >= 11 is 0. The quantitative estimate of drug-likeness (QED) is 0.591.